The number of carbonyl (C=O) groups is 2. The second kappa shape index (κ2) is 11.1. The Morgan fingerprint density at radius 1 is 1.03 bits per heavy atom. The molecule has 1 aromatic carbocycles. The van der Waals surface area contributed by atoms with Crippen molar-refractivity contribution in [3.05, 3.63) is 71.2 Å². The Morgan fingerprint density at radius 2 is 1.78 bits per heavy atom. The summed E-state index contributed by atoms with van der Waals surface area (Å²) in [5.41, 5.74) is -1.27. The maximum Gasteiger partial charge on any atom is 0.417 e. The van der Waals surface area contributed by atoms with Crippen LogP contribution in [-0.4, -0.2) is 52.3 Å². The lowest BCUT2D eigenvalue weighted by atomic mass is 10.2. The van der Waals surface area contributed by atoms with E-state index in [1.54, 1.807) is 14.1 Å². The highest BCUT2D eigenvalue weighted by Crippen LogP contribution is 2.31. The highest BCUT2D eigenvalue weighted by molar-refractivity contribution is 5.93. The van der Waals surface area contributed by atoms with Crippen LogP contribution in [0.4, 0.5) is 27.8 Å². The van der Waals surface area contributed by atoms with Crippen LogP contribution in [0.15, 0.2) is 42.7 Å². The van der Waals surface area contributed by atoms with E-state index in [-0.39, 0.29) is 53.9 Å². The number of hydrogen-bond donors (Lipinski definition) is 2. The molecule has 0 saturated heterocycles. The van der Waals surface area contributed by atoms with E-state index < -0.39 is 29.3 Å². The van der Waals surface area contributed by atoms with Crippen molar-refractivity contribution in [1.29, 1.82) is 0 Å². The molecule has 0 radical (unpaired) electrons. The van der Waals surface area contributed by atoms with Crippen molar-refractivity contribution < 1.29 is 31.5 Å². The molecular weight excluding hydrogens is 487 g/mol. The minimum atomic E-state index is -4.67. The van der Waals surface area contributed by atoms with E-state index in [4.69, 9.17) is 0 Å². The van der Waals surface area contributed by atoms with Crippen LogP contribution >= 0.6 is 0 Å². The topological polar surface area (TPSA) is 100 Å². The van der Waals surface area contributed by atoms with Crippen LogP contribution in [0, 0.1) is 11.6 Å². The van der Waals surface area contributed by atoms with Gasteiger partial charge in [-0.3, -0.25) is 14.6 Å². The molecule has 2 amide bonds. The van der Waals surface area contributed by atoms with Crippen LogP contribution < -0.4 is 10.6 Å². The van der Waals surface area contributed by atoms with Crippen LogP contribution in [-0.2, 0) is 17.5 Å². The largest absolute Gasteiger partial charge is 0.417 e. The normalized spacial score (nSPS) is 11.2. The molecule has 36 heavy (non-hydrogen) atoms. The molecule has 0 fully saturated rings. The molecule has 0 atom stereocenters. The molecule has 0 aliphatic rings. The van der Waals surface area contributed by atoms with Crippen LogP contribution in [0.5, 0.6) is 0 Å². The minimum Gasteiger partial charge on any atom is -0.366 e. The number of nitrogens with one attached hydrogen (secondary N) is 2. The van der Waals surface area contributed by atoms with Gasteiger partial charge in [0.15, 0.2) is 5.82 Å². The highest BCUT2D eigenvalue weighted by atomic mass is 19.4. The molecule has 2 N–H and O–H groups in total. The van der Waals surface area contributed by atoms with Gasteiger partial charge in [-0.15, -0.1) is 0 Å². The number of hydrogen-bond acceptors (Lipinski definition) is 6. The molecule has 0 aliphatic heterocycles. The number of anilines is 1. The first-order valence-corrected chi connectivity index (χ1v) is 10.5. The molecule has 2 heterocycles. The van der Waals surface area contributed by atoms with Gasteiger partial charge in [-0.1, -0.05) is 6.07 Å². The summed E-state index contributed by atoms with van der Waals surface area (Å²) in [4.78, 5) is 37.5. The SMILES string of the molecule is CN(C)C(=O)CCNC(=O)c1cc(NCc2ccc(F)cc2F)nc(-c2cncc(C(F)(F)F)c2)n1. The summed E-state index contributed by atoms with van der Waals surface area (Å²) < 4.78 is 66.6. The maximum absolute atomic E-state index is 14.0. The Labute approximate surface area is 202 Å². The lowest BCUT2D eigenvalue weighted by molar-refractivity contribution is -0.137. The maximum atomic E-state index is 14.0. The Bertz CT molecular complexity index is 1270. The van der Waals surface area contributed by atoms with Crippen molar-refractivity contribution in [2.75, 3.05) is 26.0 Å². The molecule has 0 aliphatic carbocycles. The molecule has 0 spiro atoms. The van der Waals surface area contributed by atoms with E-state index in [1.165, 1.54) is 17.0 Å². The van der Waals surface area contributed by atoms with Crippen LogP contribution in [0.2, 0.25) is 0 Å². The zero-order valence-corrected chi connectivity index (χ0v) is 19.2. The summed E-state index contributed by atoms with van der Waals surface area (Å²) in [6.45, 7) is -0.175. The number of nitrogens with zero attached hydrogens (tertiary/aromatic N) is 4. The predicted octanol–water partition coefficient (Wildman–Crippen LogP) is 3.66. The van der Waals surface area contributed by atoms with Gasteiger partial charge in [-0.05, 0) is 12.1 Å². The molecule has 8 nitrogen and oxygen atoms in total. The van der Waals surface area contributed by atoms with Crippen LogP contribution in [0.1, 0.15) is 28.0 Å². The van der Waals surface area contributed by atoms with E-state index in [0.29, 0.717) is 12.3 Å². The van der Waals surface area contributed by atoms with Gasteiger partial charge in [0.25, 0.3) is 5.91 Å². The Hall–Kier alpha value is -4.16. The number of carbonyl (C=O) groups excluding carboxylic acids is 2. The fourth-order valence-corrected chi connectivity index (χ4v) is 2.95. The fraction of sp³-hybridized carbons (Fsp3) is 0.261. The van der Waals surface area contributed by atoms with E-state index in [2.05, 4.69) is 25.6 Å². The third kappa shape index (κ3) is 6.93. The number of benzene rings is 1. The van der Waals surface area contributed by atoms with Gasteiger partial charge in [-0.2, -0.15) is 13.2 Å². The average Bonchev–Trinajstić information content (AvgIpc) is 2.82. The molecule has 0 unspecified atom stereocenters. The summed E-state index contributed by atoms with van der Waals surface area (Å²) in [6.07, 6.45) is -2.91. The number of alkyl halides is 3. The molecule has 13 heteroatoms. The van der Waals surface area contributed by atoms with Gasteiger partial charge < -0.3 is 15.5 Å². The number of pyridine rings is 1. The summed E-state index contributed by atoms with van der Waals surface area (Å²) in [6, 6.07) is 4.97. The molecule has 190 valence electrons. The molecular formula is C23H21F5N6O2. The number of amides is 2. The summed E-state index contributed by atoms with van der Waals surface area (Å²) in [5, 5.41) is 5.28. The standard InChI is InChI=1S/C23H21F5N6O2/c1-34(2)20(35)5-6-30-22(36)18-9-19(31-11-13-3-4-16(24)8-17(13)25)33-21(32-18)14-7-15(12-29-10-14)23(26,27)28/h3-4,7-10,12H,5-6,11H2,1-2H3,(H,30,36)(H,31,32,33). The quantitative estimate of drug-likeness (QED) is 0.451. The highest BCUT2D eigenvalue weighted by Gasteiger charge is 2.31. The first-order chi connectivity index (χ1) is 16.9. The second-order valence-corrected chi connectivity index (χ2v) is 7.81. The first kappa shape index (κ1) is 26.4. The summed E-state index contributed by atoms with van der Waals surface area (Å²) in [7, 11) is 3.12. The van der Waals surface area contributed by atoms with Crippen molar-refractivity contribution >= 4 is 17.6 Å². The van der Waals surface area contributed by atoms with Crippen molar-refractivity contribution in [2.24, 2.45) is 0 Å². The van der Waals surface area contributed by atoms with E-state index in [1.807, 2.05) is 0 Å². The predicted molar refractivity (Wildman–Crippen MR) is 120 cm³/mol. The number of halogens is 5. The van der Waals surface area contributed by atoms with Gasteiger partial charge in [0.1, 0.15) is 23.1 Å². The zero-order chi connectivity index (χ0) is 26.5. The summed E-state index contributed by atoms with van der Waals surface area (Å²) >= 11 is 0. The van der Waals surface area contributed by atoms with Gasteiger partial charge in [0, 0.05) is 69.3 Å². The first-order valence-electron chi connectivity index (χ1n) is 10.5. The Balaban J connectivity index is 1.91. The Morgan fingerprint density at radius 3 is 2.44 bits per heavy atom. The molecule has 0 saturated carbocycles. The fourth-order valence-electron chi connectivity index (χ4n) is 2.95. The lowest BCUT2D eigenvalue weighted by Crippen LogP contribution is -2.30. The molecule has 3 rings (SSSR count). The van der Waals surface area contributed by atoms with Crippen LogP contribution in [0.25, 0.3) is 11.4 Å². The Kier molecular flexibility index (Phi) is 8.12. The van der Waals surface area contributed by atoms with E-state index in [9.17, 15) is 31.5 Å². The number of rotatable bonds is 8. The van der Waals surface area contributed by atoms with Crippen molar-refractivity contribution in [2.45, 2.75) is 19.1 Å². The van der Waals surface area contributed by atoms with Crippen molar-refractivity contribution in [3.63, 3.8) is 0 Å². The molecule has 2 aromatic heterocycles. The monoisotopic (exact) mass is 508 g/mol. The molecule has 0 bridgehead atoms. The van der Waals surface area contributed by atoms with Crippen molar-refractivity contribution in [3.8, 4) is 11.4 Å². The minimum absolute atomic E-state index is 0.00402. The third-order valence-corrected chi connectivity index (χ3v) is 4.88. The lowest BCUT2D eigenvalue weighted by Gasteiger charge is -2.13. The van der Waals surface area contributed by atoms with Gasteiger partial charge in [0.05, 0.1) is 5.56 Å². The van der Waals surface area contributed by atoms with Crippen molar-refractivity contribution in [1.82, 2.24) is 25.2 Å². The van der Waals surface area contributed by atoms with Gasteiger partial charge >= 0.3 is 6.18 Å². The van der Waals surface area contributed by atoms with Gasteiger partial charge in [0.2, 0.25) is 5.91 Å². The van der Waals surface area contributed by atoms with Crippen LogP contribution in [0.3, 0.4) is 0 Å². The average molecular weight is 508 g/mol. The molecule has 3 aromatic rings. The summed E-state index contributed by atoms with van der Waals surface area (Å²) in [5.74, 6) is -2.76. The van der Waals surface area contributed by atoms with E-state index in [0.717, 1.165) is 18.3 Å². The zero-order valence-electron chi connectivity index (χ0n) is 19.2. The second-order valence-electron chi connectivity index (χ2n) is 7.81. The third-order valence-electron chi connectivity index (χ3n) is 4.88. The van der Waals surface area contributed by atoms with Gasteiger partial charge in [-0.25, -0.2) is 18.7 Å². The smallest absolute Gasteiger partial charge is 0.366 e. The van der Waals surface area contributed by atoms with E-state index >= 15 is 0 Å². The number of aromatic nitrogens is 3.